The van der Waals surface area contributed by atoms with E-state index >= 15 is 0 Å². The molecule has 0 saturated heterocycles. The third kappa shape index (κ3) is 2.86. The topological polar surface area (TPSA) is 48.4 Å². The van der Waals surface area contributed by atoms with E-state index in [0.717, 1.165) is 12.2 Å². The number of hydrogen-bond acceptors (Lipinski definition) is 3. The van der Waals surface area contributed by atoms with Crippen LogP contribution in [0.5, 0.6) is 0 Å². The molecule has 0 spiro atoms. The maximum atomic E-state index is 5.78. The summed E-state index contributed by atoms with van der Waals surface area (Å²) in [6.45, 7) is 4.70. The summed E-state index contributed by atoms with van der Waals surface area (Å²) in [5, 5.41) is 0. The molecule has 0 fully saturated rings. The van der Waals surface area contributed by atoms with E-state index in [-0.39, 0.29) is 12.1 Å². The number of nitrogens with two attached hydrogens (primary N) is 1. The third-order valence-corrected chi connectivity index (χ3v) is 1.80. The molecule has 1 aromatic rings. The fraction of sp³-hybridized carbons (Fsp3) is 0.600. The van der Waals surface area contributed by atoms with Crippen molar-refractivity contribution >= 4 is 0 Å². The third-order valence-electron chi connectivity index (χ3n) is 1.80. The fourth-order valence-electron chi connectivity index (χ4n) is 1.19. The number of rotatable bonds is 5. The molecule has 74 valence electrons. The van der Waals surface area contributed by atoms with Crippen LogP contribution < -0.4 is 5.73 Å². The maximum Gasteiger partial charge on any atom is 0.134 e. The lowest BCUT2D eigenvalue weighted by molar-refractivity contribution is 0.0242. The Labute approximate surface area is 78.9 Å². The molecule has 0 aliphatic heterocycles. The molecule has 0 amide bonds. The summed E-state index contributed by atoms with van der Waals surface area (Å²) in [6.07, 6.45) is 2.51. The van der Waals surface area contributed by atoms with Crippen molar-refractivity contribution in [3.63, 3.8) is 0 Å². The molecular formula is C10H17NO2. The standard InChI is InChI=1S/C10H17NO2/c1-3-6-13-10(8(2)11)9-5-4-7-12-9/h4-5,7-8,10H,3,6,11H2,1-2H3. The molecule has 0 radical (unpaired) electrons. The van der Waals surface area contributed by atoms with Gasteiger partial charge in [0.2, 0.25) is 0 Å². The Hall–Kier alpha value is -0.800. The molecule has 0 aliphatic carbocycles. The van der Waals surface area contributed by atoms with Crippen molar-refractivity contribution in [3.8, 4) is 0 Å². The average Bonchev–Trinajstić information content (AvgIpc) is 2.57. The van der Waals surface area contributed by atoms with Crippen LogP contribution in [0.4, 0.5) is 0 Å². The molecule has 0 aromatic carbocycles. The number of hydrogen-bond donors (Lipinski definition) is 1. The summed E-state index contributed by atoms with van der Waals surface area (Å²) in [5.74, 6) is 0.809. The molecule has 1 aromatic heterocycles. The van der Waals surface area contributed by atoms with Crippen LogP contribution in [0.25, 0.3) is 0 Å². The zero-order chi connectivity index (χ0) is 9.68. The van der Waals surface area contributed by atoms with Crippen LogP contribution in [-0.2, 0) is 4.74 Å². The van der Waals surface area contributed by atoms with Gasteiger partial charge in [-0.3, -0.25) is 0 Å². The van der Waals surface area contributed by atoms with Crippen LogP contribution in [0.1, 0.15) is 32.1 Å². The zero-order valence-corrected chi connectivity index (χ0v) is 8.19. The van der Waals surface area contributed by atoms with Gasteiger partial charge in [-0.1, -0.05) is 6.92 Å². The zero-order valence-electron chi connectivity index (χ0n) is 8.19. The first-order chi connectivity index (χ1) is 6.25. The van der Waals surface area contributed by atoms with Crippen molar-refractivity contribution in [2.75, 3.05) is 6.61 Å². The summed E-state index contributed by atoms with van der Waals surface area (Å²) < 4.78 is 10.8. The molecule has 0 bridgehead atoms. The van der Waals surface area contributed by atoms with E-state index in [2.05, 4.69) is 6.92 Å². The molecule has 2 atom stereocenters. The summed E-state index contributed by atoms with van der Waals surface area (Å²) >= 11 is 0. The highest BCUT2D eigenvalue weighted by molar-refractivity contribution is 5.04. The van der Waals surface area contributed by atoms with E-state index in [1.165, 1.54) is 0 Å². The van der Waals surface area contributed by atoms with Gasteiger partial charge in [0.1, 0.15) is 11.9 Å². The van der Waals surface area contributed by atoms with Crippen molar-refractivity contribution in [1.82, 2.24) is 0 Å². The molecular weight excluding hydrogens is 166 g/mol. The predicted octanol–water partition coefficient (Wildman–Crippen LogP) is 2.09. The van der Waals surface area contributed by atoms with Crippen LogP contribution in [0.3, 0.4) is 0 Å². The summed E-state index contributed by atoms with van der Waals surface area (Å²) in [5.41, 5.74) is 5.78. The van der Waals surface area contributed by atoms with Crippen molar-refractivity contribution < 1.29 is 9.15 Å². The molecule has 2 N–H and O–H groups in total. The molecule has 0 saturated carbocycles. The largest absolute Gasteiger partial charge is 0.467 e. The second kappa shape index (κ2) is 5.04. The monoisotopic (exact) mass is 183 g/mol. The molecule has 0 aliphatic rings. The summed E-state index contributed by atoms with van der Waals surface area (Å²) in [4.78, 5) is 0. The van der Waals surface area contributed by atoms with E-state index in [0.29, 0.717) is 6.61 Å². The van der Waals surface area contributed by atoms with E-state index in [9.17, 15) is 0 Å². The SMILES string of the molecule is CCCOC(c1ccco1)C(C)N. The quantitative estimate of drug-likeness (QED) is 0.760. The first kappa shape index (κ1) is 10.3. The van der Waals surface area contributed by atoms with Crippen LogP contribution in [0, 0.1) is 0 Å². The van der Waals surface area contributed by atoms with Crippen molar-refractivity contribution in [3.05, 3.63) is 24.2 Å². The second-order valence-electron chi connectivity index (χ2n) is 3.17. The molecule has 1 heterocycles. The Kier molecular flexibility index (Phi) is 3.99. The van der Waals surface area contributed by atoms with Crippen LogP contribution in [0.15, 0.2) is 22.8 Å². The van der Waals surface area contributed by atoms with Gasteiger partial charge in [0, 0.05) is 12.6 Å². The van der Waals surface area contributed by atoms with Crippen molar-refractivity contribution in [2.24, 2.45) is 5.73 Å². The smallest absolute Gasteiger partial charge is 0.134 e. The van der Waals surface area contributed by atoms with Gasteiger partial charge in [0.05, 0.1) is 6.26 Å². The highest BCUT2D eigenvalue weighted by Gasteiger charge is 2.18. The Morgan fingerprint density at radius 1 is 1.62 bits per heavy atom. The molecule has 3 heteroatoms. The van der Waals surface area contributed by atoms with Gasteiger partial charge in [-0.05, 0) is 25.5 Å². The van der Waals surface area contributed by atoms with E-state index in [4.69, 9.17) is 14.9 Å². The van der Waals surface area contributed by atoms with Crippen molar-refractivity contribution in [2.45, 2.75) is 32.4 Å². The van der Waals surface area contributed by atoms with Crippen molar-refractivity contribution in [1.29, 1.82) is 0 Å². The predicted molar refractivity (Wildman–Crippen MR) is 51.3 cm³/mol. The van der Waals surface area contributed by atoms with Gasteiger partial charge in [-0.15, -0.1) is 0 Å². The summed E-state index contributed by atoms with van der Waals surface area (Å²) in [7, 11) is 0. The summed E-state index contributed by atoms with van der Waals surface area (Å²) in [6, 6.07) is 3.70. The van der Waals surface area contributed by atoms with Crippen LogP contribution in [0.2, 0.25) is 0 Å². The maximum absolute atomic E-state index is 5.78. The lowest BCUT2D eigenvalue weighted by atomic mass is 10.1. The lowest BCUT2D eigenvalue weighted by Crippen LogP contribution is -2.26. The second-order valence-corrected chi connectivity index (χ2v) is 3.17. The first-order valence-electron chi connectivity index (χ1n) is 4.66. The molecule has 13 heavy (non-hydrogen) atoms. The molecule has 2 unspecified atom stereocenters. The number of furan rings is 1. The Morgan fingerprint density at radius 2 is 2.38 bits per heavy atom. The highest BCUT2D eigenvalue weighted by Crippen LogP contribution is 2.20. The van der Waals surface area contributed by atoms with Gasteiger partial charge < -0.3 is 14.9 Å². The van der Waals surface area contributed by atoms with E-state index < -0.39 is 0 Å². The van der Waals surface area contributed by atoms with Crippen LogP contribution in [-0.4, -0.2) is 12.6 Å². The molecule has 1 rings (SSSR count). The Balaban J connectivity index is 2.58. The van der Waals surface area contributed by atoms with E-state index in [1.807, 2.05) is 19.1 Å². The van der Waals surface area contributed by atoms with Gasteiger partial charge in [-0.25, -0.2) is 0 Å². The Morgan fingerprint density at radius 3 is 2.85 bits per heavy atom. The minimum atomic E-state index is -0.116. The minimum absolute atomic E-state index is 0.0438. The Bertz CT molecular complexity index is 219. The van der Waals surface area contributed by atoms with E-state index in [1.54, 1.807) is 6.26 Å². The normalized spacial score (nSPS) is 15.6. The van der Waals surface area contributed by atoms with Gasteiger partial charge >= 0.3 is 0 Å². The molecule has 3 nitrogen and oxygen atoms in total. The van der Waals surface area contributed by atoms with Crippen LogP contribution >= 0.6 is 0 Å². The minimum Gasteiger partial charge on any atom is -0.467 e. The fourth-order valence-corrected chi connectivity index (χ4v) is 1.19. The first-order valence-corrected chi connectivity index (χ1v) is 4.66. The lowest BCUT2D eigenvalue weighted by Gasteiger charge is -2.18. The van der Waals surface area contributed by atoms with Gasteiger partial charge in [0.15, 0.2) is 0 Å². The van der Waals surface area contributed by atoms with Gasteiger partial charge in [-0.2, -0.15) is 0 Å². The average molecular weight is 183 g/mol. The number of ether oxygens (including phenoxy) is 1. The van der Waals surface area contributed by atoms with Gasteiger partial charge in [0.25, 0.3) is 0 Å². The highest BCUT2D eigenvalue weighted by atomic mass is 16.5.